The maximum atomic E-state index is 12.9. The number of halogens is 1. The Labute approximate surface area is 135 Å². The molecule has 0 bridgehead atoms. The first-order chi connectivity index (χ1) is 9.93. The average molecular weight is 392 g/mol. The number of aliphatic carboxylic acids is 1. The van der Waals surface area contributed by atoms with Crippen molar-refractivity contribution in [3.63, 3.8) is 0 Å². The van der Waals surface area contributed by atoms with Gasteiger partial charge in [-0.2, -0.15) is 4.31 Å². The molecule has 114 valence electrons. The van der Waals surface area contributed by atoms with Crippen molar-refractivity contribution in [2.24, 2.45) is 5.92 Å². The number of hydrogen-bond donors (Lipinski definition) is 1. The molecule has 1 saturated heterocycles. The van der Waals surface area contributed by atoms with Gasteiger partial charge in [-0.3, -0.25) is 4.79 Å². The number of hydrogen-bond acceptors (Lipinski definition) is 4. The van der Waals surface area contributed by atoms with Gasteiger partial charge >= 0.3 is 5.97 Å². The second kappa shape index (κ2) is 5.57. The van der Waals surface area contributed by atoms with Crippen molar-refractivity contribution in [2.45, 2.75) is 29.2 Å². The third-order valence-corrected chi connectivity index (χ3v) is 8.18. The minimum Gasteiger partial charge on any atom is -0.480 e. The molecule has 2 fully saturated rings. The summed E-state index contributed by atoms with van der Waals surface area (Å²) < 4.78 is 27.5. The first-order valence-electron chi connectivity index (χ1n) is 6.55. The van der Waals surface area contributed by atoms with Crippen LogP contribution in [0.25, 0.3) is 0 Å². The quantitative estimate of drug-likeness (QED) is 0.852. The molecule has 1 N–H and O–H groups in total. The van der Waals surface area contributed by atoms with Crippen molar-refractivity contribution in [1.29, 1.82) is 0 Å². The summed E-state index contributed by atoms with van der Waals surface area (Å²) in [4.78, 5) is 11.6. The van der Waals surface area contributed by atoms with Crippen LogP contribution >= 0.6 is 27.7 Å². The Hall–Kier alpha value is -0.570. The molecular formula is C13H14BrNO4S2. The standard InChI is InChI=1S/C13H14BrNO4S2/c14-9-3-1-2-4-11(9)21(18,19)15-10(13(16)17)7-20-12(15)8-5-6-8/h1-4,8,10,12H,5-7H2,(H,16,17). The fraction of sp³-hybridized carbons (Fsp3) is 0.462. The lowest BCUT2D eigenvalue weighted by Gasteiger charge is -2.26. The molecule has 0 spiro atoms. The van der Waals surface area contributed by atoms with E-state index in [1.165, 1.54) is 22.1 Å². The van der Waals surface area contributed by atoms with Gasteiger partial charge in [-0.1, -0.05) is 12.1 Å². The minimum absolute atomic E-state index is 0.129. The molecule has 3 rings (SSSR count). The molecule has 1 saturated carbocycles. The van der Waals surface area contributed by atoms with E-state index in [2.05, 4.69) is 15.9 Å². The van der Waals surface area contributed by atoms with Crippen molar-refractivity contribution in [3.8, 4) is 0 Å². The SMILES string of the molecule is O=C(O)C1CSC(C2CC2)N1S(=O)(=O)c1ccccc1Br. The molecule has 0 amide bonds. The van der Waals surface area contributed by atoms with E-state index in [9.17, 15) is 18.3 Å². The van der Waals surface area contributed by atoms with E-state index in [1.54, 1.807) is 18.2 Å². The summed E-state index contributed by atoms with van der Waals surface area (Å²) in [6, 6.07) is 5.54. The molecule has 1 aromatic carbocycles. The zero-order valence-electron chi connectivity index (χ0n) is 11.0. The predicted octanol–water partition coefficient (Wildman–Crippen LogP) is 2.38. The molecule has 1 aliphatic carbocycles. The van der Waals surface area contributed by atoms with Gasteiger partial charge in [0.25, 0.3) is 0 Å². The van der Waals surface area contributed by atoms with Gasteiger partial charge in [-0.05, 0) is 46.8 Å². The molecule has 2 atom stereocenters. The molecule has 2 unspecified atom stereocenters. The second-order valence-electron chi connectivity index (χ2n) is 5.18. The number of carboxylic acid groups (broad SMARTS) is 1. The van der Waals surface area contributed by atoms with Gasteiger partial charge in [-0.15, -0.1) is 11.8 Å². The monoisotopic (exact) mass is 391 g/mol. The maximum Gasteiger partial charge on any atom is 0.322 e. The third kappa shape index (κ3) is 2.74. The number of carboxylic acids is 1. The smallest absolute Gasteiger partial charge is 0.322 e. The first-order valence-corrected chi connectivity index (χ1v) is 9.83. The van der Waals surface area contributed by atoms with Gasteiger partial charge in [-0.25, -0.2) is 8.42 Å². The van der Waals surface area contributed by atoms with Crippen LogP contribution in [0.3, 0.4) is 0 Å². The maximum absolute atomic E-state index is 12.9. The number of thioether (sulfide) groups is 1. The van der Waals surface area contributed by atoms with Crippen molar-refractivity contribution in [1.82, 2.24) is 4.31 Å². The Balaban J connectivity index is 2.05. The average Bonchev–Trinajstić information content (AvgIpc) is 3.16. The summed E-state index contributed by atoms with van der Waals surface area (Å²) in [6.07, 6.45) is 1.93. The number of sulfonamides is 1. The van der Waals surface area contributed by atoms with E-state index in [0.717, 1.165) is 12.8 Å². The molecule has 0 radical (unpaired) electrons. The Kier molecular flexibility index (Phi) is 4.06. The van der Waals surface area contributed by atoms with Crippen LogP contribution in [0.1, 0.15) is 12.8 Å². The van der Waals surface area contributed by atoms with Crippen LogP contribution in [-0.4, -0.2) is 41.0 Å². The van der Waals surface area contributed by atoms with Crippen LogP contribution in [0, 0.1) is 5.92 Å². The Bertz CT molecular complexity index is 675. The van der Waals surface area contributed by atoms with Gasteiger partial charge in [0.05, 0.1) is 10.3 Å². The summed E-state index contributed by atoms with van der Waals surface area (Å²) in [5, 5.41) is 9.09. The Morgan fingerprint density at radius 1 is 1.33 bits per heavy atom. The molecule has 8 heteroatoms. The van der Waals surface area contributed by atoms with Crippen LogP contribution in [-0.2, 0) is 14.8 Å². The summed E-state index contributed by atoms with van der Waals surface area (Å²) >= 11 is 4.68. The zero-order chi connectivity index (χ0) is 15.2. The van der Waals surface area contributed by atoms with Gasteiger partial charge in [0.15, 0.2) is 0 Å². The topological polar surface area (TPSA) is 74.7 Å². The fourth-order valence-corrected chi connectivity index (χ4v) is 7.26. The summed E-state index contributed by atoms with van der Waals surface area (Å²) in [6.45, 7) is 0. The van der Waals surface area contributed by atoms with Gasteiger partial charge < -0.3 is 5.11 Å². The molecule has 2 aliphatic rings. The highest BCUT2D eigenvalue weighted by Crippen LogP contribution is 2.47. The Morgan fingerprint density at radius 3 is 2.57 bits per heavy atom. The number of benzene rings is 1. The van der Waals surface area contributed by atoms with Crippen LogP contribution < -0.4 is 0 Å². The van der Waals surface area contributed by atoms with Crippen molar-refractivity contribution in [3.05, 3.63) is 28.7 Å². The molecule has 1 aromatic rings. The van der Waals surface area contributed by atoms with E-state index in [4.69, 9.17) is 0 Å². The van der Waals surface area contributed by atoms with E-state index in [0.29, 0.717) is 10.2 Å². The summed E-state index contributed by atoms with van der Waals surface area (Å²) in [5.74, 6) is -0.502. The van der Waals surface area contributed by atoms with Crippen LogP contribution in [0.4, 0.5) is 0 Å². The fourth-order valence-electron chi connectivity index (χ4n) is 2.49. The molecule has 0 aromatic heterocycles. The lowest BCUT2D eigenvalue weighted by molar-refractivity contribution is -0.140. The highest BCUT2D eigenvalue weighted by Gasteiger charge is 2.51. The largest absolute Gasteiger partial charge is 0.480 e. The molecule has 1 aliphatic heterocycles. The lowest BCUT2D eigenvalue weighted by atomic mass is 10.3. The van der Waals surface area contributed by atoms with Crippen LogP contribution in [0.2, 0.25) is 0 Å². The number of carbonyl (C=O) groups is 1. The van der Waals surface area contributed by atoms with Gasteiger partial charge in [0, 0.05) is 10.2 Å². The van der Waals surface area contributed by atoms with Crippen molar-refractivity contribution >= 4 is 43.7 Å². The third-order valence-electron chi connectivity index (χ3n) is 3.69. The molecule has 1 heterocycles. The Morgan fingerprint density at radius 2 is 2.00 bits per heavy atom. The van der Waals surface area contributed by atoms with Crippen LogP contribution in [0.5, 0.6) is 0 Å². The molecule has 21 heavy (non-hydrogen) atoms. The van der Waals surface area contributed by atoms with Crippen molar-refractivity contribution in [2.75, 3.05) is 5.75 Å². The summed E-state index contributed by atoms with van der Waals surface area (Å²) in [7, 11) is -3.83. The number of rotatable bonds is 4. The summed E-state index contributed by atoms with van der Waals surface area (Å²) in [5.41, 5.74) is 0. The highest BCUT2D eigenvalue weighted by molar-refractivity contribution is 9.10. The highest BCUT2D eigenvalue weighted by atomic mass is 79.9. The van der Waals surface area contributed by atoms with E-state index in [-0.39, 0.29) is 16.2 Å². The van der Waals surface area contributed by atoms with Crippen LogP contribution in [0.15, 0.2) is 33.6 Å². The predicted molar refractivity (Wildman–Crippen MR) is 83.6 cm³/mol. The number of nitrogens with zero attached hydrogens (tertiary/aromatic N) is 1. The van der Waals surface area contributed by atoms with Gasteiger partial charge in [0.2, 0.25) is 10.0 Å². The minimum atomic E-state index is -3.83. The molecule has 5 nitrogen and oxygen atoms in total. The first kappa shape index (κ1) is 15.3. The second-order valence-corrected chi connectivity index (χ2v) is 9.00. The lowest BCUT2D eigenvalue weighted by Crippen LogP contribution is -2.46. The molecular weight excluding hydrogens is 378 g/mol. The van der Waals surface area contributed by atoms with E-state index < -0.39 is 22.0 Å². The van der Waals surface area contributed by atoms with Crippen molar-refractivity contribution < 1.29 is 18.3 Å². The normalized spacial score (nSPS) is 26.9. The van der Waals surface area contributed by atoms with E-state index in [1.807, 2.05) is 0 Å². The zero-order valence-corrected chi connectivity index (χ0v) is 14.2. The van der Waals surface area contributed by atoms with Gasteiger partial charge in [0.1, 0.15) is 6.04 Å². The van der Waals surface area contributed by atoms with E-state index >= 15 is 0 Å².